The molecule has 1 aliphatic carbocycles. The molecule has 0 amide bonds. The van der Waals surface area contributed by atoms with Gasteiger partial charge in [0.25, 0.3) is 0 Å². The van der Waals surface area contributed by atoms with Crippen molar-refractivity contribution < 1.29 is 40.5 Å². The molecule has 0 aliphatic heterocycles. The topological polar surface area (TPSA) is 26.3 Å². The first-order chi connectivity index (χ1) is 5.83. The zero-order valence-corrected chi connectivity index (χ0v) is 10.8. The summed E-state index contributed by atoms with van der Waals surface area (Å²) in [6.45, 7) is 2.00. The summed E-state index contributed by atoms with van der Waals surface area (Å²) in [6, 6.07) is 0. The third-order valence-corrected chi connectivity index (χ3v) is 2.30. The van der Waals surface area contributed by atoms with Crippen LogP contribution in [-0.2, 0) is 9.53 Å². The van der Waals surface area contributed by atoms with Gasteiger partial charge in [-0.25, -0.2) is 0 Å². The molecule has 0 N–H and O–H groups in total. The van der Waals surface area contributed by atoms with Crippen molar-refractivity contribution in [2.45, 2.75) is 58.0 Å². The molecular weight excluding hydrogens is 175 g/mol. The Balaban J connectivity index is 0. The average molecular weight is 194 g/mol. The number of ether oxygens (including phenoxy) is 1. The van der Waals surface area contributed by atoms with E-state index in [-0.39, 0.29) is 43.1 Å². The number of esters is 1. The normalized spacial score (nSPS) is 17.6. The smallest absolute Gasteiger partial charge is 1.00 e. The fourth-order valence-corrected chi connectivity index (χ4v) is 1.63. The molecular formula is C10H19NaO2. The van der Waals surface area contributed by atoms with Crippen molar-refractivity contribution in [1.82, 2.24) is 0 Å². The standard InChI is InChI=1S/C10H18O2.Na.H/c1-2-6-10(11)12-9-7-4-3-5-8-9;;/h9H,2-8H2,1H3;;/q;+1;-1. The van der Waals surface area contributed by atoms with E-state index in [1.807, 2.05) is 6.92 Å². The summed E-state index contributed by atoms with van der Waals surface area (Å²) in [5, 5.41) is 0. The van der Waals surface area contributed by atoms with Crippen LogP contribution in [0.25, 0.3) is 0 Å². The second-order valence-electron chi connectivity index (χ2n) is 3.50. The molecule has 0 unspecified atom stereocenters. The van der Waals surface area contributed by atoms with Crippen LogP contribution in [-0.4, -0.2) is 12.1 Å². The number of hydrogen-bond donors (Lipinski definition) is 0. The molecule has 0 radical (unpaired) electrons. The molecule has 3 heteroatoms. The van der Waals surface area contributed by atoms with Gasteiger partial charge < -0.3 is 6.16 Å². The molecule has 1 aliphatic rings. The van der Waals surface area contributed by atoms with E-state index in [0.717, 1.165) is 19.3 Å². The zero-order chi connectivity index (χ0) is 8.81. The van der Waals surface area contributed by atoms with E-state index >= 15 is 0 Å². The van der Waals surface area contributed by atoms with Crippen LogP contribution in [0.2, 0.25) is 0 Å². The maximum atomic E-state index is 11.1. The van der Waals surface area contributed by atoms with E-state index in [4.69, 9.17) is 4.74 Å². The Kier molecular flexibility index (Phi) is 8.12. The first-order valence-electron chi connectivity index (χ1n) is 5.02. The second kappa shape index (κ2) is 7.84. The van der Waals surface area contributed by atoms with Crippen molar-refractivity contribution in [3.05, 3.63) is 0 Å². The van der Waals surface area contributed by atoms with Crippen LogP contribution in [0.3, 0.4) is 0 Å². The van der Waals surface area contributed by atoms with Crippen LogP contribution in [0.4, 0.5) is 0 Å². The molecule has 1 fully saturated rings. The first kappa shape index (κ1) is 13.5. The van der Waals surface area contributed by atoms with E-state index in [9.17, 15) is 4.79 Å². The van der Waals surface area contributed by atoms with Crippen molar-refractivity contribution in [2.24, 2.45) is 0 Å². The molecule has 0 heterocycles. The van der Waals surface area contributed by atoms with Gasteiger partial charge >= 0.3 is 35.5 Å². The van der Waals surface area contributed by atoms with Crippen LogP contribution in [0.1, 0.15) is 53.3 Å². The predicted octanol–water partition coefficient (Wildman–Crippen LogP) is -0.221. The molecule has 0 saturated heterocycles. The van der Waals surface area contributed by atoms with Crippen molar-refractivity contribution in [3.8, 4) is 0 Å². The van der Waals surface area contributed by atoms with E-state index in [1.165, 1.54) is 19.3 Å². The molecule has 0 spiro atoms. The van der Waals surface area contributed by atoms with Gasteiger partial charge in [-0.15, -0.1) is 0 Å². The molecule has 2 nitrogen and oxygen atoms in total. The van der Waals surface area contributed by atoms with Crippen molar-refractivity contribution in [3.63, 3.8) is 0 Å². The summed E-state index contributed by atoms with van der Waals surface area (Å²) < 4.78 is 5.29. The molecule has 0 aromatic heterocycles. The number of rotatable bonds is 3. The van der Waals surface area contributed by atoms with Gasteiger partial charge in [-0.1, -0.05) is 13.3 Å². The van der Waals surface area contributed by atoms with Gasteiger partial charge in [0.1, 0.15) is 6.10 Å². The van der Waals surface area contributed by atoms with Gasteiger partial charge in [-0.2, -0.15) is 0 Å². The first-order valence-corrected chi connectivity index (χ1v) is 5.02. The summed E-state index contributed by atoms with van der Waals surface area (Å²) in [5.41, 5.74) is 0. The minimum absolute atomic E-state index is 0. The number of carbonyl (C=O) groups excluding carboxylic acids is 1. The molecule has 0 aromatic rings. The molecule has 0 atom stereocenters. The Labute approximate surface area is 104 Å². The van der Waals surface area contributed by atoms with Gasteiger partial charge in [-0.05, 0) is 32.1 Å². The second-order valence-corrected chi connectivity index (χ2v) is 3.50. The summed E-state index contributed by atoms with van der Waals surface area (Å²) in [5.74, 6) is -0.00981. The third kappa shape index (κ3) is 5.71. The Morgan fingerprint density at radius 2 is 2.00 bits per heavy atom. The largest absolute Gasteiger partial charge is 1.00 e. The van der Waals surface area contributed by atoms with Crippen molar-refractivity contribution >= 4 is 5.97 Å². The molecule has 1 rings (SSSR count). The molecule has 13 heavy (non-hydrogen) atoms. The van der Waals surface area contributed by atoms with Gasteiger partial charge in [0.15, 0.2) is 0 Å². The molecule has 0 bridgehead atoms. The van der Waals surface area contributed by atoms with E-state index in [1.54, 1.807) is 0 Å². The third-order valence-electron chi connectivity index (χ3n) is 2.30. The zero-order valence-electron chi connectivity index (χ0n) is 9.84. The average Bonchev–Trinajstić information content (AvgIpc) is 2.06. The van der Waals surface area contributed by atoms with E-state index < -0.39 is 0 Å². The summed E-state index contributed by atoms with van der Waals surface area (Å²) in [6.07, 6.45) is 7.63. The Hall–Kier alpha value is 0.470. The quantitative estimate of drug-likeness (QED) is 0.458. The van der Waals surface area contributed by atoms with Crippen molar-refractivity contribution in [2.75, 3.05) is 0 Å². The van der Waals surface area contributed by atoms with Crippen LogP contribution in [0.5, 0.6) is 0 Å². The van der Waals surface area contributed by atoms with E-state index in [0.29, 0.717) is 6.42 Å². The fraction of sp³-hybridized carbons (Fsp3) is 0.900. The maximum absolute atomic E-state index is 11.1. The Bertz CT molecular complexity index is 147. The minimum Gasteiger partial charge on any atom is -1.00 e. The van der Waals surface area contributed by atoms with Gasteiger partial charge in [0.05, 0.1) is 0 Å². The van der Waals surface area contributed by atoms with Crippen LogP contribution >= 0.6 is 0 Å². The fourth-order valence-electron chi connectivity index (χ4n) is 1.63. The number of hydrogen-bond acceptors (Lipinski definition) is 2. The molecule has 0 aromatic carbocycles. The van der Waals surface area contributed by atoms with Gasteiger partial charge in [-0.3, -0.25) is 4.79 Å². The maximum Gasteiger partial charge on any atom is 1.00 e. The Morgan fingerprint density at radius 1 is 1.38 bits per heavy atom. The minimum atomic E-state index is -0.00981. The van der Waals surface area contributed by atoms with Crippen LogP contribution < -0.4 is 29.6 Å². The predicted molar refractivity (Wildman–Crippen MR) is 49.0 cm³/mol. The van der Waals surface area contributed by atoms with Crippen LogP contribution in [0.15, 0.2) is 0 Å². The Morgan fingerprint density at radius 3 is 2.54 bits per heavy atom. The molecule has 1 saturated carbocycles. The summed E-state index contributed by atoms with van der Waals surface area (Å²) >= 11 is 0. The number of carbonyl (C=O) groups is 1. The van der Waals surface area contributed by atoms with Crippen molar-refractivity contribution in [1.29, 1.82) is 0 Å². The monoisotopic (exact) mass is 194 g/mol. The summed E-state index contributed by atoms with van der Waals surface area (Å²) in [7, 11) is 0. The van der Waals surface area contributed by atoms with Gasteiger partial charge in [0.2, 0.25) is 0 Å². The van der Waals surface area contributed by atoms with E-state index in [2.05, 4.69) is 0 Å². The molecule has 72 valence electrons. The van der Waals surface area contributed by atoms with Gasteiger partial charge in [0, 0.05) is 6.42 Å². The summed E-state index contributed by atoms with van der Waals surface area (Å²) in [4.78, 5) is 11.1. The van der Waals surface area contributed by atoms with Crippen LogP contribution in [0, 0.1) is 0 Å². The SMILES string of the molecule is CCCC(=O)OC1CCCCC1.[H-].[Na+].